The van der Waals surface area contributed by atoms with Gasteiger partial charge >= 0.3 is 0 Å². The molecule has 0 fully saturated rings. The van der Waals surface area contributed by atoms with Crippen LogP contribution in [0.3, 0.4) is 0 Å². The Labute approximate surface area is 93.7 Å². The molecule has 0 unspecified atom stereocenters. The van der Waals surface area contributed by atoms with Crippen molar-refractivity contribution < 1.29 is 9.21 Å². The molecule has 0 saturated heterocycles. The maximum Gasteiger partial charge on any atom is 0.197 e. The van der Waals surface area contributed by atoms with Crippen LogP contribution in [0.4, 0.5) is 0 Å². The highest BCUT2D eigenvalue weighted by atomic mass is 79.9. The van der Waals surface area contributed by atoms with Crippen LogP contribution < -0.4 is 0 Å². The van der Waals surface area contributed by atoms with Gasteiger partial charge in [-0.1, -0.05) is 0 Å². The number of hydrogen-bond donors (Lipinski definition) is 0. The third-order valence-electron chi connectivity index (χ3n) is 1.93. The van der Waals surface area contributed by atoms with Gasteiger partial charge in [0.25, 0.3) is 0 Å². The molecule has 0 bridgehead atoms. The maximum absolute atomic E-state index is 11.9. The van der Waals surface area contributed by atoms with Crippen molar-refractivity contribution in [3.8, 4) is 0 Å². The van der Waals surface area contributed by atoms with Gasteiger partial charge in [-0.05, 0) is 34.3 Å². The van der Waals surface area contributed by atoms with Gasteiger partial charge in [0.2, 0.25) is 0 Å². The SMILES string of the molecule is Cc1sccc1C(=O)c1coc(Br)c1. The number of carbonyl (C=O) groups is 1. The lowest BCUT2D eigenvalue weighted by Gasteiger charge is -1.94. The predicted molar refractivity (Wildman–Crippen MR) is 58.9 cm³/mol. The van der Waals surface area contributed by atoms with Crippen LogP contribution in [0.2, 0.25) is 0 Å². The first kappa shape index (κ1) is 9.68. The smallest absolute Gasteiger partial charge is 0.197 e. The Hall–Kier alpha value is -0.870. The molecule has 0 N–H and O–H groups in total. The lowest BCUT2D eigenvalue weighted by molar-refractivity contribution is 0.103. The van der Waals surface area contributed by atoms with E-state index < -0.39 is 0 Å². The zero-order valence-corrected chi connectivity index (χ0v) is 9.81. The molecule has 0 atom stereocenters. The lowest BCUT2D eigenvalue weighted by Crippen LogP contribution is -1.98. The second kappa shape index (κ2) is 3.71. The monoisotopic (exact) mass is 270 g/mol. The fourth-order valence-corrected chi connectivity index (χ4v) is 2.24. The molecule has 0 aromatic carbocycles. The minimum Gasteiger partial charge on any atom is -0.457 e. The van der Waals surface area contributed by atoms with Crippen LogP contribution in [0.5, 0.6) is 0 Å². The summed E-state index contributed by atoms with van der Waals surface area (Å²) in [6.07, 6.45) is 1.46. The molecule has 2 aromatic rings. The zero-order chi connectivity index (χ0) is 10.1. The van der Waals surface area contributed by atoms with Gasteiger partial charge in [-0.15, -0.1) is 11.3 Å². The summed E-state index contributed by atoms with van der Waals surface area (Å²) < 4.78 is 5.60. The molecule has 0 spiro atoms. The molecule has 2 rings (SSSR count). The summed E-state index contributed by atoms with van der Waals surface area (Å²) >= 11 is 4.74. The van der Waals surface area contributed by atoms with E-state index in [1.54, 1.807) is 17.4 Å². The van der Waals surface area contributed by atoms with E-state index in [0.717, 1.165) is 10.4 Å². The Bertz CT molecular complexity index is 470. The van der Waals surface area contributed by atoms with E-state index in [-0.39, 0.29) is 5.78 Å². The van der Waals surface area contributed by atoms with Crippen molar-refractivity contribution in [1.82, 2.24) is 0 Å². The van der Waals surface area contributed by atoms with E-state index in [4.69, 9.17) is 4.42 Å². The Morgan fingerprint density at radius 1 is 1.57 bits per heavy atom. The number of aryl methyl sites for hydroxylation is 1. The quantitative estimate of drug-likeness (QED) is 0.780. The van der Waals surface area contributed by atoms with Crippen molar-refractivity contribution >= 4 is 33.0 Å². The first-order valence-corrected chi connectivity index (χ1v) is 5.68. The van der Waals surface area contributed by atoms with Gasteiger partial charge in [0.05, 0.1) is 5.56 Å². The van der Waals surface area contributed by atoms with Crippen LogP contribution >= 0.6 is 27.3 Å². The lowest BCUT2D eigenvalue weighted by atomic mass is 10.1. The largest absolute Gasteiger partial charge is 0.457 e. The second-order valence-corrected chi connectivity index (χ2v) is 4.76. The molecule has 0 radical (unpaired) electrons. The molecule has 0 aliphatic rings. The predicted octanol–water partition coefficient (Wildman–Crippen LogP) is 3.64. The standard InChI is InChI=1S/C10H7BrO2S/c1-6-8(2-3-14-6)10(12)7-4-9(11)13-5-7/h2-5H,1H3. The molecule has 2 nitrogen and oxygen atoms in total. The van der Waals surface area contributed by atoms with E-state index in [2.05, 4.69) is 15.9 Å². The summed E-state index contributed by atoms with van der Waals surface area (Å²) in [5.41, 5.74) is 1.33. The fourth-order valence-electron chi connectivity index (χ4n) is 1.21. The van der Waals surface area contributed by atoms with Crippen LogP contribution in [0.25, 0.3) is 0 Å². The van der Waals surface area contributed by atoms with Crippen LogP contribution in [-0.4, -0.2) is 5.78 Å². The number of furan rings is 1. The minimum absolute atomic E-state index is 0.0122. The highest BCUT2D eigenvalue weighted by Crippen LogP contribution is 2.21. The van der Waals surface area contributed by atoms with Crippen molar-refractivity contribution in [3.05, 3.63) is 44.4 Å². The van der Waals surface area contributed by atoms with Gasteiger partial charge in [0.1, 0.15) is 6.26 Å². The summed E-state index contributed by atoms with van der Waals surface area (Å²) in [6.45, 7) is 1.94. The number of thiophene rings is 1. The summed E-state index contributed by atoms with van der Waals surface area (Å²) in [7, 11) is 0. The van der Waals surface area contributed by atoms with E-state index >= 15 is 0 Å². The number of rotatable bonds is 2. The van der Waals surface area contributed by atoms with Gasteiger partial charge in [0, 0.05) is 16.5 Å². The Kier molecular flexibility index (Phi) is 2.56. The van der Waals surface area contributed by atoms with Crippen molar-refractivity contribution in [3.63, 3.8) is 0 Å². The zero-order valence-electron chi connectivity index (χ0n) is 7.41. The van der Waals surface area contributed by atoms with Gasteiger partial charge in [-0.25, -0.2) is 0 Å². The molecule has 2 aromatic heterocycles. The molecule has 0 saturated carbocycles. The molecule has 0 amide bonds. The first-order chi connectivity index (χ1) is 6.68. The molecule has 72 valence electrons. The molecule has 14 heavy (non-hydrogen) atoms. The molecule has 2 heterocycles. The van der Waals surface area contributed by atoms with Crippen LogP contribution in [-0.2, 0) is 0 Å². The summed E-state index contributed by atoms with van der Waals surface area (Å²) in [6, 6.07) is 3.52. The van der Waals surface area contributed by atoms with Gasteiger partial charge in [-0.2, -0.15) is 0 Å². The van der Waals surface area contributed by atoms with Gasteiger partial charge in [0.15, 0.2) is 10.5 Å². The maximum atomic E-state index is 11.9. The Balaban J connectivity index is 2.38. The van der Waals surface area contributed by atoms with Crippen molar-refractivity contribution in [2.75, 3.05) is 0 Å². The number of hydrogen-bond acceptors (Lipinski definition) is 3. The fraction of sp³-hybridized carbons (Fsp3) is 0.100. The summed E-state index contributed by atoms with van der Waals surface area (Å²) in [5, 5.41) is 1.91. The van der Waals surface area contributed by atoms with Crippen LogP contribution in [0, 0.1) is 6.92 Å². The Morgan fingerprint density at radius 2 is 2.36 bits per heavy atom. The number of halogens is 1. The summed E-state index contributed by atoms with van der Waals surface area (Å²) in [5.74, 6) is 0.0122. The average Bonchev–Trinajstić information content (AvgIpc) is 2.73. The van der Waals surface area contributed by atoms with Crippen molar-refractivity contribution in [2.45, 2.75) is 6.92 Å². The molecular weight excluding hydrogens is 264 g/mol. The van der Waals surface area contributed by atoms with E-state index in [9.17, 15) is 4.79 Å². The van der Waals surface area contributed by atoms with E-state index in [0.29, 0.717) is 10.2 Å². The van der Waals surface area contributed by atoms with E-state index in [1.807, 2.05) is 18.4 Å². The molecule has 0 aliphatic carbocycles. The molecule has 4 heteroatoms. The Morgan fingerprint density at radius 3 is 2.86 bits per heavy atom. The van der Waals surface area contributed by atoms with Crippen molar-refractivity contribution in [2.24, 2.45) is 0 Å². The minimum atomic E-state index is 0.0122. The highest BCUT2D eigenvalue weighted by molar-refractivity contribution is 9.10. The third kappa shape index (κ3) is 1.67. The highest BCUT2D eigenvalue weighted by Gasteiger charge is 2.14. The van der Waals surface area contributed by atoms with Gasteiger partial charge in [-0.3, -0.25) is 4.79 Å². The normalized spacial score (nSPS) is 10.4. The van der Waals surface area contributed by atoms with Crippen LogP contribution in [0.1, 0.15) is 20.8 Å². The van der Waals surface area contributed by atoms with E-state index in [1.165, 1.54) is 6.26 Å². The second-order valence-electron chi connectivity index (χ2n) is 2.86. The first-order valence-electron chi connectivity index (χ1n) is 4.01. The molecule has 0 aliphatic heterocycles. The summed E-state index contributed by atoms with van der Waals surface area (Å²) in [4.78, 5) is 12.9. The van der Waals surface area contributed by atoms with Crippen molar-refractivity contribution in [1.29, 1.82) is 0 Å². The third-order valence-corrected chi connectivity index (χ3v) is 3.19. The molecular formula is C10H7BrO2S. The van der Waals surface area contributed by atoms with Gasteiger partial charge < -0.3 is 4.42 Å². The average molecular weight is 271 g/mol. The number of ketones is 1. The number of carbonyl (C=O) groups excluding carboxylic acids is 1. The topological polar surface area (TPSA) is 30.2 Å². The van der Waals surface area contributed by atoms with Crippen LogP contribution in [0.15, 0.2) is 32.9 Å².